The number of pyridine rings is 1. The minimum Gasteiger partial charge on any atom is -0.485 e. The lowest BCUT2D eigenvalue weighted by Gasteiger charge is -2.28. The van der Waals surface area contributed by atoms with Gasteiger partial charge in [-0.1, -0.05) is 12.5 Å². The number of halogens is 5. The van der Waals surface area contributed by atoms with Crippen molar-refractivity contribution >= 4 is 17.7 Å². The number of hydrogen-bond acceptors (Lipinski definition) is 6. The summed E-state index contributed by atoms with van der Waals surface area (Å²) in [6, 6.07) is 5.70. The summed E-state index contributed by atoms with van der Waals surface area (Å²) in [5.41, 5.74) is 2.67. The summed E-state index contributed by atoms with van der Waals surface area (Å²) in [7, 11) is 0. The molecule has 0 saturated carbocycles. The van der Waals surface area contributed by atoms with E-state index in [1.165, 1.54) is 18.2 Å². The molecular formula is C30H37F5N4O5. The number of amides is 1. The minimum absolute atomic E-state index is 0.115. The van der Waals surface area contributed by atoms with Gasteiger partial charge in [0.15, 0.2) is 11.4 Å². The second-order valence-corrected chi connectivity index (χ2v) is 11.5. The molecule has 1 aliphatic rings. The summed E-state index contributed by atoms with van der Waals surface area (Å²) < 4.78 is 73.4. The van der Waals surface area contributed by atoms with Gasteiger partial charge in [-0.05, 0) is 71.2 Å². The van der Waals surface area contributed by atoms with Crippen LogP contribution in [0.2, 0.25) is 0 Å². The van der Waals surface area contributed by atoms with Crippen molar-refractivity contribution in [2.75, 3.05) is 13.1 Å². The normalized spacial score (nSPS) is 15.8. The van der Waals surface area contributed by atoms with E-state index in [4.69, 9.17) is 24.4 Å². The number of benzene rings is 1. The van der Waals surface area contributed by atoms with Gasteiger partial charge in [0.05, 0.1) is 17.0 Å². The summed E-state index contributed by atoms with van der Waals surface area (Å²) in [5, 5.41) is 10.7. The third-order valence-electron chi connectivity index (χ3n) is 6.68. The predicted molar refractivity (Wildman–Crippen MR) is 151 cm³/mol. The van der Waals surface area contributed by atoms with Gasteiger partial charge in [0, 0.05) is 31.9 Å². The standard InChI is InChI=1S/C28H36F2N4O3.C2HF3O2/c1-18-13-25(36-17-21-22(29)10-8-11-23(21)30)26-32-19(2)24(34(26)15-18)14-31-20-9-6-7-12-33(16-20)27(35)37-28(3,4)5;3-2(4,5)1(6)7/h8,10-11,13,15,20,31H,6-7,9,12,14,16-17H2,1-5H3;(H,6,7). The number of nitrogens with one attached hydrogen (secondary N) is 1. The first-order chi connectivity index (χ1) is 20.5. The zero-order valence-corrected chi connectivity index (χ0v) is 25.2. The Bertz CT molecular complexity index is 1450. The van der Waals surface area contributed by atoms with E-state index in [2.05, 4.69) is 5.32 Å². The van der Waals surface area contributed by atoms with E-state index in [1.54, 1.807) is 4.90 Å². The molecule has 1 amide bonds. The maximum atomic E-state index is 14.1. The first kappa shape index (κ1) is 34.5. The monoisotopic (exact) mass is 628 g/mol. The van der Waals surface area contributed by atoms with Gasteiger partial charge in [-0.15, -0.1) is 0 Å². The highest BCUT2D eigenvalue weighted by Crippen LogP contribution is 2.26. The second-order valence-electron chi connectivity index (χ2n) is 11.5. The number of hydrogen-bond donors (Lipinski definition) is 2. The first-order valence-corrected chi connectivity index (χ1v) is 14.0. The largest absolute Gasteiger partial charge is 0.490 e. The predicted octanol–water partition coefficient (Wildman–Crippen LogP) is 6.32. The van der Waals surface area contributed by atoms with Crippen molar-refractivity contribution in [3.05, 3.63) is 64.6 Å². The Morgan fingerprint density at radius 1 is 1.11 bits per heavy atom. The van der Waals surface area contributed by atoms with Crippen LogP contribution in [0.15, 0.2) is 30.5 Å². The minimum atomic E-state index is -5.08. The topological polar surface area (TPSA) is 105 Å². The van der Waals surface area contributed by atoms with Gasteiger partial charge in [0.1, 0.15) is 23.8 Å². The van der Waals surface area contributed by atoms with Gasteiger partial charge in [-0.25, -0.2) is 23.4 Å². The number of likely N-dealkylation sites (tertiary alicyclic amines) is 1. The fourth-order valence-electron chi connectivity index (χ4n) is 4.59. The molecule has 1 aliphatic heterocycles. The molecule has 0 aliphatic carbocycles. The van der Waals surface area contributed by atoms with Crippen LogP contribution in [-0.4, -0.2) is 62.4 Å². The number of fused-ring (bicyclic) bond motifs is 1. The van der Waals surface area contributed by atoms with Crippen molar-refractivity contribution in [2.24, 2.45) is 0 Å². The summed E-state index contributed by atoms with van der Waals surface area (Å²) in [5.74, 6) is -3.58. The number of alkyl halides is 3. The molecule has 1 unspecified atom stereocenters. The maximum absolute atomic E-state index is 14.1. The van der Waals surface area contributed by atoms with Crippen molar-refractivity contribution in [3.63, 3.8) is 0 Å². The van der Waals surface area contributed by atoms with Gasteiger partial charge < -0.3 is 24.8 Å². The number of aryl methyl sites for hydroxylation is 2. The summed E-state index contributed by atoms with van der Waals surface area (Å²) in [6.07, 6.45) is -0.475. The Morgan fingerprint density at radius 2 is 1.75 bits per heavy atom. The van der Waals surface area contributed by atoms with Crippen molar-refractivity contribution < 1.29 is 46.1 Å². The van der Waals surface area contributed by atoms with Crippen LogP contribution in [0.1, 0.15) is 62.5 Å². The smallest absolute Gasteiger partial charge is 0.485 e. The number of imidazole rings is 1. The molecule has 3 heterocycles. The molecule has 1 fully saturated rings. The lowest BCUT2D eigenvalue weighted by atomic mass is 10.1. The fourth-order valence-corrected chi connectivity index (χ4v) is 4.59. The molecule has 242 valence electrons. The summed E-state index contributed by atoms with van der Waals surface area (Å²) in [6.45, 7) is 11.1. The molecule has 1 atom stereocenters. The van der Waals surface area contributed by atoms with Crippen molar-refractivity contribution in [1.29, 1.82) is 0 Å². The number of aromatic nitrogens is 2. The molecule has 2 aromatic heterocycles. The van der Waals surface area contributed by atoms with E-state index in [0.717, 1.165) is 36.2 Å². The van der Waals surface area contributed by atoms with Crippen molar-refractivity contribution in [2.45, 2.75) is 84.9 Å². The molecule has 1 saturated heterocycles. The third kappa shape index (κ3) is 9.53. The van der Waals surface area contributed by atoms with E-state index in [-0.39, 0.29) is 24.3 Å². The van der Waals surface area contributed by atoms with E-state index in [9.17, 15) is 26.7 Å². The highest BCUT2D eigenvalue weighted by molar-refractivity contribution is 5.73. The molecule has 0 radical (unpaired) electrons. The Morgan fingerprint density at radius 3 is 2.34 bits per heavy atom. The highest BCUT2D eigenvalue weighted by Gasteiger charge is 2.38. The van der Waals surface area contributed by atoms with Gasteiger partial charge >= 0.3 is 18.2 Å². The molecule has 4 rings (SSSR count). The maximum Gasteiger partial charge on any atom is 0.490 e. The van der Waals surface area contributed by atoms with Gasteiger partial charge in [0.2, 0.25) is 0 Å². The quantitative estimate of drug-likeness (QED) is 0.308. The highest BCUT2D eigenvalue weighted by atomic mass is 19.4. The summed E-state index contributed by atoms with van der Waals surface area (Å²) in [4.78, 5) is 28.0. The van der Waals surface area contributed by atoms with Crippen molar-refractivity contribution in [1.82, 2.24) is 19.6 Å². The molecule has 0 bridgehead atoms. The number of aliphatic carboxylic acids is 1. The van der Waals surface area contributed by atoms with E-state index >= 15 is 0 Å². The van der Waals surface area contributed by atoms with Crippen LogP contribution >= 0.6 is 0 Å². The zero-order valence-electron chi connectivity index (χ0n) is 25.2. The van der Waals surface area contributed by atoms with Gasteiger partial charge in [0.25, 0.3) is 0 Å². The molecule has 44 heavy (non-hydrogen) atoms. The number of carbonyl (C=O) groups is 2. The zero-order chi connectivity index (χ0) is 32.8. The lowest BCUT2D eigenvalue weighted by molar-refractivity contribution is -0.192. The van der Waals surface area contributed by atoms with E-state index < -0.39 is 29.4 Å². The molecule has 3 aromatic rings. The number of rotatable bonds is 6. The van der Waals surface area contributed by atoms with Gasteiger partial charge in [-0.2, -0.15) is 13.2 Å². The number of carboxylic acid groups (broad SMARTS) is 1. The SMILES string of the molecule is Cc1cc(OCc2c(F)cccc2F)c2nc(C)c(CNC3CCCCN(C(=O)OC(C)(C)C)C3)n2c1.O=C(O)C(F)(F)F. The van der Waals surface area contributed by atoms with E-state index in [0.29, 0.717) is 31.0 Å². The van der Waals surface area contributed by atoms with Crippen LogP contribution < -0.4 is 10.1 Å². The van der Waals surface area contributed by atoms with Crippen LogP contribution in [0, 0.1) is 25.5 Å². The van der Waals surface area contributed by atoms with Crippen molar-refractivity contribution in [3.8, 4) is 5.75 Å². The lowest BCUT2D eigenvalue weighted by Crippen LogP contribution is -2.44. The molecule has 9 nitrogen and oxygen atoms in total. The molecule has 1 aromatic carbocycles. The number of nitrogens with zero attached hydrogens (tertiary/aromatic N) is 3. The number of carboxylic acids is 1. The van der Waals surface area contributed by atoms with Crippen LogP contribution in [-0.2, 0) is 22.7 Å². The first-order valence-electron chi connectivity index (χ1n) is 14.0. The Kier molecular flexibility index (Phi) is 11.2. The van der Waals surface area contributed by atoms with E-state index in [1.807, 2.05) is 51.3 Å². The number of carbonyl (C=O) groups excluding carboxylic acids is 1. The average molecular weight is 629 g/mol. The molecule has 14 heteroatoms. The second kappa shape index (κ2) is 14.2. The third-order valence-corrected chi connectivity index (χ3v) is 6.68. The summed E-state index contributed by atoms with van der Waals surface area (Å²) >= 11 is 0. The molecule has 0 spiro atoms. The van der Waals surface area contributed by atoms with Gasteiger partial charge in [-0.3, -0.25) is 4.40 Å². The van der Waals surface area contributed by atoms with Crippen LogP contribution in [0.25, 0.3) is 5.65 Å². The Balaban J connectivity index is 0.000000676. The Hall–Kier alpha value is -3.94. The fraction of sp³-hybridized carbons (Fsp3) is 0.500. The van der Waals surface area contributed by atoms with Crippen LogP contribution in [0.5, 0.6) is 5.75 Å². The average Bonchev–Trinajstić information content (AvgIpc) is 3.05. The molecular weight excluding hydrogens is 591 g/mol. The van der Waals surface area contributed by atoms with Crippen LogP contribution in [0.3, 0.4) is 0 Å². The number of ether oxygens (including phenoxy) is 2. The molecule has 2 N–H and O–H groups in total. The van der Waals surface area contributed by atoms with Crippen LogP contribution in [0.4, 0.5) is 26.7 Å². The Labute approximate surface area is 252 Å².